The van der Waals surface area contributed by atoms with Crippen molar-refractivity contribution in [2.24, 2.45) is 5.41 Å². The van der Waals surface area contributed by atoms with Crippen LogP contribution in [-0.2, 0) is 9.53 Å². The molecule has 1 fully saturated rings. The van der Waals surface area contributed by atoms with Crippen molar-refractivity contribution in [2.75, 3.05) is 0 Å². The van der Waals surface area contributed by atoms with E-state index in [4.69, 9.17) is 16.3 Å². The van der Waals surface area contributed by atoms with Crippen LogP contribution in [0, 0.1) is 16.7 Å². The molecule has 0 bridgehead atoms. The lowest BCUT2D eigenvalue weighted by Gasteiger charge is -2.28. The van der Waals surface area contributed by atoms with Crippen molar-refractivity contribution in [1.29, 1.82) is 5.26 Å². The molecule has 2 atom stereocenters. The van der Waals surface area contributed by atoms with Crippen LogP contribution in [0.3, 0.4) is 0 Å². The SMILES string of the molecule is CC(C)(C)OC(=O)[C@@]1(C#N)C[C@@]1(Cl)C[Si](C)(C)c1ccccc1. The number of carbonyl (C=O) groups is 1. The van der Waals surface area contributed by atoms with Gasteiger partial charge in [0.2, 0.25) is 0 Å². The second kappa shape index (κ2) is 5.65. The molecule has 0 amide bonds. The number of hydrogen-bond acceptors (Lipinski definition) is 3. The molecule has 0 saturated heterocycles. The van der Waals surface area contributed by atoms with E-state index in [2.05, 4.69) is 31.3 Å². The molecular formula is C18H24ClNO2Si. The summed E-state index contributed by atoms with van der Waals surface area (Å²) in [7, 11) is -1.85. The highest BCUT2D eigenvalue weighted by atomic mass is 35.5. The van der Waals surface area contributed by atoms with Crippen LogP contribution >= 0.6 is 11.6 Å². The molecule has 5 heteroatoms. The van der Waals surface area contributed by atoms with Gasteiger partial charge in [0.25, 0.3) is 0 Å². The molecule has 0 aliphatic heterocycles. The van der Waals surface area contributed by atoms with Crippen molar-refractivity contribution < 1.29 is 9.53 Å². The van der Waals surface area contributed by atoms with Gasteiger partial charge in [0.05, 0.1) is 19.0 Å². The Morgan fingerprint density at radius 1 is 1.35 bits per heavy atom. The first-order valence-corrected chi connectivity index (χ1v) is 11.4. The van der Waals surface area contributed by atoms with E-state index in [1.807, 2.05) is 18.2 Å². The Labute approximate surface area is 144 Å². The highest BCUT2D eigenvalue weighted by molar-refractivity contribution is 6.90. The number of halogens is 1. The van der Waals surface area contributed by atoms with Gasteiger partial charge < -0.3 is 4.74 Å². The molecule has 1 aromatic carbocycles. The second-order valence-electron chi connectivity index (χ2n) is 8.09. The summed E-state index contributed by atoms with van der Waals surface area (Å²) >= 11 is 6.74. The van der Waals surface area contributed by atoms with E-state index in [0.717, 1.165) is 0 Å². The molecule has 0 N–H and O–H groups in total. The summed E-state index contributed by atoms with van der Waals surface area (Å²) in [5, 5.41) is 10.9. The maximum absolute atomic E-state index is 12.5. The van der Waals surface area contributed by atoms with Gasteiger partial charge in [-0.1, -0.05) is 48.6 Å². The van der Waals surface area contributed by atoms with Crippen LogP contribution in [0.15, 0.2) is 30.3 Å². The van der Waals surface area contributed by atoms with E-state index in [1.54, 1.807) is 20.8 Å². The second-order valence-corrected chi connectivity index (χ2v) is 13.5. The lowest BCUT2D eigenvalue weighted by Crippen LogP contribution is -2.45. The topological polar surface area (TPSA) is 50.1 Å². The predicted octanol–water partition coefficient (Wildman–Crippen LogP) is 3.83. The molecule has 124 valence electrons. The summed E-state index contributed by atoms with van der Waals surface area (Å²) in [6, 6.07) is 13.1. The van der Waals surface area contributed by atoms with Gasteiger partial charge in [-0.3, -0.25) is 4.79 Å². The molecule has 1 saturated carbocycles. The number of ether oxygens (including phenoxy) is 1. The fourth-order valence-electron chi connectivity index (χ4n) is 3.09. The van der Waals surface area contributed by atoms with Crippen molar-refractivity contribution in [2.45, 2.75) is 56.8 Å². The first-order chi connectivity index (χ1) is 10.5. The van der Waals surface area contributed by atoms with E-state index in [-0.39, 0.29) is 0 Å². The van der Waals surface area contributed by atoms with Gasteiger partial charge in [0, 0.05) is 0 Å². The molecule has 2 rings (SSSR count). The van der Waals surface area contributed by atoms with Gasteiger partial charge in [-0.05, 0) is 33.2 Å². The van der Waals surface area contributed by atoms with Gasteiger partial charge in [-0.2, -0.15) is 5.26 Å². The number of rotatable bonds is 4. The van der Waals surface area contributed by atoms with Crippen LogP contribution in [0.4, 0.5) is 0 Å². The summed E-state index contributed by atoms with van der Waals surface area (Å²) in [5.74, 6) is -0.486. The van der Waals surface area contributed by atoms with Crippen LogP contribution in [0.1, 0.15) is 27.2 Å². The zero-order valence-electron chi connectivity index (χ0n) is 14.4. The van der Waals surface area contributed by atoms with Gasteiger partial charge >= 0.3 is 5.97 Å². The number of carbonyl (C=O) groups excluding carboxylic acids is 1. The predicted molar refractivity (Wildman–Crippen MR) is 95.5 cm³/mol. The Kier molecular flexibility index (Phi) is 4.43. The lowest BCUT2D eigenvalue weighted by atomic mass is 10.1. The van der Waals surface area contributed by atoms with Gasteiger partial charge in [-0.15, -0.1) is 11.6 Å². The summed E-state index contributed by atoms with van der Waals surface area (Å²) in [5.41, 5.74) is -1.82. The molecule has 0 radical (unpaired) electrons. The van der Waals surface area contributed by atoms with Gasteiger partial charge in [0.15, 0.2) is 5.41 Å². The van der Waals surface area contributed by atoms with Gasteiger partial charge in [0.1, 0.15) is 5.60 Å². The molecule has 0 aromatic heterocycles. The Morgan fingerprint density at radius 3 is 2.39 bits per heavy atom. The van der Waals surface area contributed by atoms with Crippen LogP contribution in [0.2, 0.25) is 19.1 Å². The number of benzene rings is 1. The number of esters is 1. The molecule has 3 nitrogen and oxygen atoms in total. The maximum Gasteiger partial charge on any atom is 0.328 e. The summed E-state index contributed by atoms with van der Waals surface area (Å²) in [6.07, 6.45) is 0.371. The Balaban J connectivity index is 2.21. The first kappa shape index (κ1) is 18.0. The first-order valence-electron chi connectivity index (χ1n) is 7.85. The van der Waals surface area contributed by atoms with Crippen molar-refractivity contribution in [3.63, 3.8) is 0 Å². The average molecular weight is 350 g/mol. The zero-order chi connectivity index (χ0) is 17.5. The molecule has 1 aromatic rings. The summed E-state index contributed by atoms with van der Waals surface area (Å²) in [4.78, 5) is 11.7. The summed E-state index contributed by atoms with van der Waals surface area (Å²) < 4.78 is 5.44. The van der Waals surface area contributed by atoms with Crippen molar-refractivity contribution in [1.82, 2.24) is 0 Å². The Hall–Kier alpha value is -1.31. The fourth-order valence-corrected chi connectivity index (χ4v) is 7.54. The van der Waals surface area contributed by atoms with E-state index >= 15 is 0 Å². The molecule has 0 spiro atoms. The largest absolute Gasteiger partial charge is 0.459 e. The van der Waals surface area contributed by atoms with E-state index in [1.165, 1.54) is 5.19 Å². The minimum absolute atomic E-state index is 0.371. The Bertz CT molecular complexity index is 647. The standard InChI is InChI=1S/C18H24ClNO2Si/c1-16(2,3)22-15(21)17(12-20)11-18(17,19)13-23(4,5)14-9-7-6-8-10-14/h6-10H,11,13H2,1-5H3/t17-,18+/m0/s1. The third kappa shape index (κ3) is 3.46. The number of nitriles is 1. The van der Waals surface area contributed by atoms with E-state index < -0.39 is 29.9 Å². The quantitative estimate of drug-likeness (QED) is 0.471. The minimum atomic E-state index is -1.85. The third-order valence-electron chi connectivity index (χ3n) is 4.40. The number of hydrogen-bond donors (Lipinski definition) is 0. The molecule has 23 heavy (non-hydrogen) atoms. The van der Waals surface area contributed by atoms with Crippen LogP contribution in [-0.4, -0.2) is 24.5 Å². The van der Waals surface area contributed by atoms with Crippen LogP contribution < -0.4 is 5.19 Å². The number of nitrogens with zero attached hydrogens (tertiary/aromatic N) is 1. The zero-order valence-corrected chi connectivity index (χ0v) is 16.2. The molecular weight excluding hydrogens is 326 g/mol. The van der Waals surface area contributed by atoms with Crippen LogP contribution in [0.25, 0.3) is 0 Å². The average Bonchev–Trinajstić information content (AvgIpc) is 3.03. The number of alkyl halides is 1. The Morgan fingerprint density at radius 2 is 1.91 bits per heavy atom. The van der Waals surface area contributed by atoms with Crippen molar-refractivity contribution in [3.05, 3.63) is 30.3 Å². The molecule has 0 unspecified atom stereocenters. The monoisotopic (exact) mass is 349 g/mol. The van der Waals surface area contributed by atoms with Crippen molar-refractivity contribution in [3.8, 4) is 6.07 Å². The van der Waals surface area contributed by atoms with E-state index in [9.17, 15) is 10.1 Å². The maximum atomic E-state index is 12.5. The highest BCUT2D eigenvalue weighted by Gasteiger charge is 2.74. The van der Waals surface area contributed by atoms with Crippen molar-refractivity contribution >= 4 is 30.8 Å². The molecule has 1 aliphatic rings. The molecule has 0 heterocycles. The lowest BCUT2D eigenvalue weighted by molar-refractivity contribution is -0.159. The van der Waals surface area contributed by atoms with Gasteiger partial charge in [-0.25, -0.2) is 0 Å². The third-order valence-corrected chi connectivity index (χ3v) is 8.60. The highest BCUT2D eigenvalue weighted by Crippen LogP contribution is 2.65. The van der Waals surface area contributed by atoms with E-state index in [0.29, 0.717) is 12.5 Å². The molecule has 1 aliphatic carbocycles. The van der Waals surface area contributed by atoms with Crippen LogP contribution in [0.5, 0.6) is 0 Å². The smallest absolute Gasteiger partial charge is 0.328 e. The fraction of sp³-hybridized carbons (Fsp3) is 0.556. The minimum Gasteiger partial charge on any atom is -0.459 e. The summed E-state index contributed by atoms with van der Waals surface area (Å²) in [6.45, 7) is 9.86. The normalized spacial score (nSPS) is 27.2.